The van der Waals surface area contributed by atoms with Crippen LogP contribution in [0.2, 0.25) is 0 Å². The molecule has 162 valence electrons. The van der Waals surface area contributed by atoms with Crippen molar-refractivity contribution in [3.63, 3.8) is 0 Å². The van der Waals surface area contributed by atoms with Crippen LogP contribution < -0.4 is 15.1 Å². The van der Waals surface area contributed by atoms with Crippen LogP contribution in [0.15, 0.2) is 42.7 Å². The Balaban J connectivity index is 1.33. The predicted molar refractivity (Wildman–Crippen MR) is 126 cm³/mol. The van der Waals surface area contributed by atoms with Crippen molar-refractivity contribution in [3.8, 4) is 6.07 Å². The van der Waals surface area contributed by atoms with E-state index in [2.05, 4.69) is 62.4 Å². The lowest BCUT2D eigenvalue weighted by molar-refractivity contribution is 0.134. The fourth-order valence-corrected chi connectivity index (χ4v) is 5.58. The number of nitrogens with one attached hydrogen (secondary N) is 1. The van der Waals surface area contributed by atoms with Crippen molar-refractivity contribution in [2.24, 2.45) is 0 Å². The predicted octanol–water partition coefficient (Wildman–Crippen LogP) is 2.68. The van der Waals surface area contributed by atoms with Gasteiger partial charge >= 0.3 is 0 Å². The van der Waals surface area contributed by atoms with Gasteiger partial charge in [-0.25, -0.2) is 4.98 Å². The molecule has 0 radical (unpaired) electrons. The highest BCUT2D eigenvalue weighted by Gasteiger charge is 2.39. The van der Waals surface area contributed by atoms with Gasteiger partial charge in [0, 0.05) is 75.3 Å². The number of aromatic nitrogens is 2. The van der Waals surface area contributed by atoms with Crippen molar-refractivity contribution >= 4 is 22.4 Å². The Hall–Kier alpha value is -3.21. The molecule has 0 saturated carbocycles. The molecule has 2 aromatic heterocycles. The Morgan fingerprint density at radius 2 is 1.97 bits per heavy atom. The summed E-state index contributed by atoms with van der Waals surface area (Å²) >= 11 is 0. The normalized spacial score (nSPS) is 23.1. The van der Waals surface area contributed by atoms with Crippen LogP contribution in [0.5, 0.6) is 0 Å². The van der Waals surface area contributed by atoms with Crippen molar-refractivity contribution in [3.05, 3.63) is 59.4 Å². The summed E-state index contributed by atoms with van der Waals surface area (Å²) in [6.07, 6.45) is 3.88. The Morgan fingerprint density at radius 1 is 1.09 bits per heavy atom. The van der Waals surface area contributed by atoms with E-state index in [1.807, 2.05) is 12.1 Å². The summed E-state index contributed by atoms with van der Waals surface area (Å²) in [5.74, 6) is 1.11. The summed E-state index contributed by atoms with van der Waals surface area (Å²) in [5.41, 5.74) is 5.36. The van der Waals surface area contributed by atoms with Gasteiger partial charge in [0.15, 0.2) is 0 Å². The number of hydrogen-bond donors (Lipinski definition) is 1. The third-order valence-electron chi connectivity index (χ3n) is 7.22. The molecule has 0 aliphatic carbocycles. The van der Waals surface area contributed by atoms with E-state index in [9.17, 15) is 5.26 Å². The van der Waals surface area contributed by atoms with Gasteiger partial charge in [-0.3, -0.25) is 9.88 Å². The third-order valence-corrected chi connectivity index (χ3v) is 7.22. The summed E-state index contributed by atoms with van der Waals surface area (Å²) < 4.78 is 0. The molecule has 2 saturated heterocycles. The SMILES string of the molecule is CC1CN(c2ccc(C#N)c3ncccc23)CC2c3cnc(N4CCNCC4)cc3CN12. The average molecular weight is 426 g/mol. The van der Waals surface area contributed by atoms with Gasteiger partial charge in [-0.15, -0.1) is 0 Å². The number of fused-ring (bicyclic) bond motifs is 4. The van der Waals surface area contributed by atoms with E-state index < -0.39 is 0 Å². The van der Waals surface area contributed by atoms with Crippen LogP contribution in [0, 0.1) is 11.3 Å². The maximum Gasteiger partial charge on any atom is 0.128 e. The van der Waals surface area contributed by atoms with Crippen molar-refractivity contribution < 1.29 is 0 Å². The second kappa shape index (κ2) is 7.73. The minimum Gasteiger partial charge on any atom is -0.368 e. The highest BCUT2D eigenvalue weighted by Crippen LogP contribution is 2.41. The van der Waals surface area contributed by atoms with Gasteiger partial charge in [-0.1, -0.05) is 0 Å². The van der Waals surface area contributed by atoms with Gasteiger partial charge in [-0.2, -0.15) is 5.26 Å². The number of pyridine rings is 2. The molecular weight excluding hydrogens is 398 g/mol. The van der Waals surface area contributed by atoms with Gasteiger partial charge < -0.3 is 15.1 Å². The Labute approximate surface area is 188 Å². The standard InChI is InChI=1S/C25H27N7/c1-17-14-31(22-5-4-18(12-26)25-20(22)3-2-6-28-25)16-23-21-13-29-24(11-19(21)15-32(17)23)30-9-7-27-8-10-30/h2-6,11,13,17,23,27H,7-10,14-16H2,1H3. The lowest BCUT2D eigenvalue weighted by Gasteiger charge is -2.43. The highest BCUT2D eigenvalue weighted by molar-refractivity contribution is 5.95. The van der Waals surface area contributed by atoms with Gasteiger partial charge in [0.25, 0.3) is 0 Å². The summed E-state index contributed by atoms with van der Waals surface area (Å²) in [7, 11) is 0. The monoisotopic (exact) mass is 425 g/mol. The molecule has 2 atom stereocenters. The molecule has 6 rings (SSSR count). The second-order valence-electron chi connectivity index (χ2n) is 9.06. The zero-order valence-corrected chi connectivity index (χ0v) is 18.3. The van der Waals surface area contributed by atoms with E-state index in [1.54, 1.807) is 6.20 Å². The molecule has 2 unspecified atom stereocenters. The quantitative estimate of drug-likeness (QED) is 0.677. The highest BCUT2D eigenvalue weighted by atomic mass is 15.3. The minimum atomic E-state index is 0.334. The number of nitriles is 1. The van der Waals surface area contributed by atoms with Crippen molar-refractivity contribution in [1.29, 1.82) is 5.26 Å². The van der Waals surface area contributed by atoms with Gasteiger partial charge in [0.1, 0.15) is 11.9 Å². The molecule has 5 heterocycles. The molecule has 2 fully saturated rings. The molecule has 3 aromatic rings. The first-order valence-corrected chi connectivity index (χ1v) is 11.5. The van der Waals surface area contributed by atoms with E-state index in [1.165, 1.54) is 11.1 Å². The Morgan fingerprint density at radius 3 is 2.81 bits per heavy atom. The van der Waals surface area contributed by atoms with E-state index in [0.29, 0.717) is 17.6 Å². The fourth-order valence-electron chi connectivity index (χ4n) is 5.58. The molecule has 1 N–H and O–H groups in total. The molecule has 0 bridgehead atoms. The van der Waals surface area contributed by atoms with Gasteiger partial charge in [0.2, 0.25) is 0 Å². The molecule has 32 heavy (non-hydrogen) atoms. The van der Waals surface area contributed by atoms with Crippen LogP contribution in [0.3, 0.4) is 0 Å². The lowest BCUT2D eigenvalue weighted by atomic mass is 10.0. The van der Waals surface area contributed by atoms with Crippen LogP contribution in [0.1, 0.15) is 29.7 Å². The number of piperazine rings is 2. The Kier molecular flexibility index (Phi) is 4.71. The topological polar surface area (TPSA) is 71.3 Å². The molecule has 7 heteroatoms. The lowest BCUT2D eigenvalue weighted by Crippen LogP contribution is -2.51. The number of hydrogen-bond acceptors (Lipinski definition) is 7. The number of rotatable bonds is 2. The van der Waals surface area contributed by atoms with Crippen molar-refractivity contribution in [1.82, 2.24) is 20.2 Å². The average Bonchev–Trinajstić information content (AvgIpc) is 3.22. The number of nitrogens with zero attached hydrogens (tertiary/aromatic N) is 6. The molecule has 3 aliphatic rings. The van der Waals surface area contributed by atoms with Crippen LogP contribution >= 0.6 is 0 Å². The second-order valence-corrected chi connectivity index (χ2v) is 9.06. The van der Waals surface area contributed by atoms with E-state index in [-0.39, 0.29) is 0 Å². The molecule has 0 amide bonds. The summed E-state index contributed by atoms with van der Waals surface area (Å²) in [4.78, 5) is 16.8. The Bertz CT molecular complexity index is 1210. The number of anilines is 2. The molecule has 1 aromatic carbocycles. The summed E-state index contributed by atoms with van der Waals surface area (Å²) in [6, 6.07) is 13.4. The molecular formula is C25H27N7. The largest absolute Gasteiger partial charge is 0.368 e. The van der Waals surface area contributed by atoms with Crippen molar-refractivity contribution in [2.75, 3.05) is 49.1 Å². The maximum atomic E-state index is 9.50. The third kappa shape index (κ3) is 3.10. The first kappa shape index (κ1) is 19.5. The smallest absolute Gasteiger partial charge is 0.128 e. The zero-order valence-electron chi connectivity index (χ0n) is 18.3. The van der Waals surface area contributed by atoms with Crippen molar-refractivity contribution in [2.45, 2.75) is 25.6 Å². The maximum absolute atomic E-state index is 9.50. The number of benzene rings is 1. The molecule has 0 spiro atoms. The van der Waals surface area contributed by atoms with Gasteiger partial charge in [-0.05, 0) is 48.4 Å². The minimum absolute atomic E-state index is 0.334. The van der Waals surface area contributed by atoms with Crippen LogP contribution in [-0.2, 0) is 6.54 Å². The summed E-state index contributed by atoms with van der Waals surface area (Å²) in [6.45, 7) is 9.26. The van der Waals surface area contributed by atoms with E-state index >= 15 is 0 Å². The zero-order chi connectivity index (χ0) is 21.7. The summed E-state index contributed by atoms with van der Waals surface area (Å²) in [5, 5.41) is 14.0. The van der Waals surface area contributed by atoms with Gasteiger partial charge in [0.05, 0.1) is 17.1 Å². The first-order chi connectivity index (χ1) is 15.7. The molecule has 3 aliphatic heterocycles. The van der Waals surface area contributed by atoms with Crippen LogP contribution in [0.4, 0.5) is 11.5 Å². The van der Waals surface area contributed by atoms with E-state index in [4.69, 9.17) is 4.98 Å². The fraction of sp³-hybridized carbons (Fsp3) is 0.400. The van der Waals surface area contributed by atoms with Crippen LogP contribution in [-0.4, -0.2) is 60.2 Å². The van der Waals surface area contributed by atoms with Crippen LogP contribution in [0.25, 0.3) is 10.9 Å². The van der Waals surface area contributed by atoms with E-state index in [0.717, 1.165) is 68.2 Å². The molecule has 7 nitrogen and oxygen atoms in total. The first-order valence-electron chi connectivity index (χ1n) is 11.5.